The third-order valence-electron chi connectivity index (χ3n) is 17.1. The monoisotopic (exact) mass is 1280 g/mol. The topological polar surface area (TPSA) is 155 Å². The number of pyridine rings is 2. The van der Waals surface area contributed by atoms with Crippen LogP contribution >= 0.6 is 0 Å². The first-order chi connectivity index (χ1) is 43.3. The van der Waals surface area contributed by atoms with E-state index in [4.69, 9.17) is 14.7 Å². The van der Waals surface area contributed by atoms with E-state index in [0.717, 1.165) is 90.2 Å². The number of ether oxygens (including phenoxy) is 1. The second-order valence-corrected chi connectivity index (χ2v) is 24.8. The smallest absolute Gasteiger partial charge is 0.394 e. The second kappa shape index (κ2) is 25.3. The number of halogens is 12. The lowest BCUT2D eigenvalue weighted by atomic mass is 10.0. The summed E-state index contributed by atoms with van der Waals surface area (Å²) in [6.07, 6.45) is -13.3. The van der Waals surface area contributed by atoms with Crippen LogP contribution in [0.1, 0.15) is 101 Å². The molecule has 484 valence electrons. The number of nitrogens with zero attached hydrogens (tertiary/aromatic N) is 14. The Hall–Kier alpha value is -7.88. The van der Waals surface area contributed by atoms with Gasteiger partial charge in [0.1, 0.15) is 11.6 Å². The van der Waals surface area contributed by atoms with Gasteiger partial charge in [0.05, 0.1) is 59.6 Å². The highest BCUT2D eigenvalue weighted by atomic mass is 19.4. The molecule has 2 atom stereocenters. The minimum Gasteiger partial charge on any atom is -0.394 e. The van der Waals surface area contributed by atoms with Crippen LogP contribution < -0.4 is 19.6 Å². The van der Waals surface area contributed by atoms with Crippen molar-refractivity contribution in [3.05, 3.63) is 141 Å². The Balaban J connectivity index is 0.778. The van der Waals surface area contributed by atoms with Crippen LogP contribution in [0.3, 0.4) is 0 Å². The number of hydrogen-bond acceptors (Lipinski definition) is 14. The zero-order valence-corrected chi connectivity index (χ0v) is 49.8. The van der Waals surface area contributed by atoms with Gasteiger partial charge in [-0.15, -0.1) is 10.2 Å². The van der Waals surface area contributed by atoms with Gasteiger partial charge in [0, 0.05) is 80.9 Å². The number of aryl methyl sites for hydroxylation is 2. The first-order valence-electron chi connectivity index (χ1n) is 30.4. The summed E-state index contributed by atoms with van der Waals surface area (Å²) in [5.41, 5.74) is -1.82. The summed E-state index contributed by atoms with van der Waals surface area (Å²) in [5.74, 6) is 2.60. The first-order valence-corrected chi connectivity index (χ1v) is 30.4. The maximum Gasteiger partial charge on any atom is 0.416 e. The van der Waals surface area contributed by atoms with Crippen LogP contribution in [0, 0.1) is 43.4 Å². The van der Waals surface area contributed by atoms with Gasteiger partial charge >= 0.3 is 24.7 Å². The third kappa shape index (κ3) is 15.7. The molecule has 4 aliphatic rings. The largest absolute Gasteiger partial charge is 0.416 e. The van der Waals surface area contributed by atoms with Gasteiger partial charge in [0.2, 0.25) is 0 Å². The lowest BCUT2D eigenvalue weighted by Gasteiger charge is -2.29. The molecule has 8 aromatic rings. The molecule has 1 N–H and O–H groups in total. The van der Waals surface area contributed by atoms with Crippen molar-refractivity contribution >= 4 is 45.3 Å². The molecular formula is C63H66F12N14O2. The van der Waals surface area contributed by atoms with E-state index in [1.807, 2.05) is 62.4 Å². The van der Waals surface area contributed by atoms with Crippen LogP contribution in [0.4, 0.5) is 76.2 Å². The highest BCUT2D eigenvalue weighted by molar-refractivity contribution is 5.86. The van der Waals surface area contributed by atoms with Gasteiger partial charge in [-0.1, -0.05) is 46.6 Å². The molecule has 0 saturated heterocycles. The molecule has 0 bridgehead atoms. The lowest BCUT2D eigenvalue weighted by Crippen LogP contribution is -2.32. The number of para-hydroxylation sites is 2. The Labute approximate surface area is 515 Å². The molecule has 4 fully saturated rings. The molecular weight excluding hydrogens is 1210 g/mol. The molecule has 4 aromatic carbocycles. The summed E-state index contributed by atoms with van der Waals surface area (Å²) < 4.78 is 177. The van der Waals surface area contributed by atoms with Gasteiger partial charge in [-0.2, -0.15) is 62.3 Å². The fourth-order valence-corrected chi connectivity index (χ4v) is 11.7. The molecule has 12 rings (SSSR count). The predicted molar refractivity (Wildman–Crippen MR) is 313 cm³/mol. The standard InChI is InChI=1S/C63H66F12N14O2/c1-37-5-3-7-44-23-47(56(76-54(37)44)84(28-39-9-10-39)29-40-11-12-40)34-87(32-43-21-52(62(70,71)72)27-53(22-43)63(73,74)75)59-79-83-89(81-59)16-18-91-36-49-25-46(49)33-85(30-41-13-14-41)57-48(24-45-8-4-6-38(2)55(45)77-57)35-86(58-78-82-88(80-58)15-17-90)31-42-19-50(60(64,65)66)26-51(20-42)61(67,68)69/h3-8,19-24,26-27,39-41,46,49,90H,9-18,25,28-36H2,1-2H3. The predicted octanol–water partition coefficient (Wildman–Crippen LogP) is 13.0. The summed E-state index contributed by atoms with van der Waals surface area (Å²) in [6, 6.07) is 18.2. The molecule has 0 aliphatic heterocycles. The maximum atomic E-state index is 14.3. The van der Waals surface area contributed by atoms with Crippen LogP contribution in [0.15, 0.2) is 84.9 Å². The molecule has 4 aromatic heterocycles. The van der Waals surface area contributed by atoms with Crippen LogP contribution in [-0.2, 0) is 68.7 Å². The van der Waals surface area contributed by atoms with E-state index in [-0.39, 0.29) is 86.4 Å². The van der Waals surface area contributed by atoms with Crippen molar-refractivity contribution in [2.75, 3.05) is 65.6 Å². The van der Waals surface area contributed by atoms with Gasteiger partial charge in [-0.25, -0.2) is 9.97 Å². The summed E-state index contributed by atoms with van der Waals surface area (Å²) >= 11 is 0. The van der Waals surface area contributed by atoms with Crippen LogP contribution in [0.25, 0.3) is 21.8 Å². The Kier molecular flexibility index (Phi) is 17.6. The van der Waals surface area contributed by atoms with E-state index in [0.29, 0.717) is 90.0 Å². The highest BCUT2D eigenvalue weighted by Gasteiger charge is 2.42. The number of aliphatic hydroxyl groups excluding tert-OH is 1. The first kappa shape index (κ1) is 63.3. The van der Waals surface area contributed by atoms with Gasteiger partial charge in [-0.05, 0) is 170 Å². The number of alkyl halides is 12. The van der Waals surface area contributed by atoms with Crippen molar-refractivity contribution in [2.24, 2.45) is 29.6 Å². The Morgan fingerprint density at radius 1 is 0.495 bits per heavy atom. The van der Waals surface area contributed by atoms with E-state index in [1.54, 1.807) is 0 Å². The molecule has 91 heavy (non-hydrogen) atoms. The average Bonchev–Trinajstić information content (AvgIpc) is 1.84. The highest BCUT2D eigenvalue weighted by Crippen LogP contribution is 2.44. The fraction of sp³-hybridized carbons (Fsp3) is 0.492. The fourth-order valence-electron chi connectivity index (χ4n) is 11.7. The van der Waals surface area contributed by atoms with Crippen LogP contribution in [0.5, 0.6) is 0 Å². The van der Waals surface area contributed by atoms with E-state index in [9.17, 15) is 57.8 Å². The molecule has 4 saturated carbocycles. The molecule has 0 amide bonds. The van der Waals surface area contributed by atoms with Crippen LogP contribution in [0.2, 0.25) is 0 Å². The minimum atomic E-state index is -5.09. The molecule has 16 nitrogen and oxygen atoms in total. The van der Waals surface area contributed by atoms with Gasteiger partial charge in [0.25, 0.3) is 11.9 Å². The van der Waals surface area contributed by atoms with Crippen molar-refractivity contribution in [1.82, 2.24) is 50.4 Å². The summed E-state index contributed by atoms with van der Waals surface area (Å²) in [6.45, 7) is 5.52. The maximum absolute atomic E-state index is 14.3. The van der Waals surface area contributed by atoms with E-state index in [1.165, 1.54) is 14.6 Å². The van der Waals surface area contributed by atoms with Gasteiger partial charge < -0.3 is 29.4 Å². The zero-order chi connectivity index (χ0) is 64.1. The van der Waals surface area contributed by atoms with Gasteiger partial charge in [-0.3, -0.25) is 0 Å². The number of tetrazole rings is 2. The Morgan fingerprint density at radius 2 is 0.901 bits per heavy atom. The second-order valence-electron chi connectivity index (χ2n) is 24.8. The number of aromatic nitrogens is 10. The third-order valence-corrected chi connectivity index (χ3v) is 17.1. The van der Waals surface area contributed by atoms with E-state index in [2.05, 4.69) is 40.6 Å². The van der Waals surface area contributed by atoms with Crippen molar-refractivity contribution < 1.29 is 62.5 Å². The lowest BCUT2D eigenvalue weighted by molar-refractivity contribution is -0.144. The number of benzene rings is 4. The molecule has 0 spiro atoms. The SMILES string of the molecule is Cc1cccc2cc(CN(Cc3cc(C(F)(F)F)cc(C(F)(F)F)c3)c3nnn(CCOCC4CC4CN(CC4CC4)c4nc5c(C)cccc5cc4CN(Cc4cc(C(F)(F)F)cc(C(F)(F)F)c4)c4nnn(CCO)n4)n3)c(N(CC3CC3)CC3CC3)nc12. The van der Waals surface area contributed by atoms with Crippen molar-refractivity contribution in [2.45, 2.75) is 123 Å². The van der Waals surface area contributed by atoms with E-state index < -0.39 is 60.0 Å². The number of hydrogen-bond donors (Lipinski definition) is 1. The van der Waals surface area contributed by atoms with Crippen molar-refractivity contribution in [1.29, 1.82) is 0 Å². The summed E-state index contributed by atoms with van der Waals surface area (Å²) in [4.78, 5) is 20.3. The number of anilines is 4. The number of fused-ring (bicyclic) bond motifs is 2. The average molecular weight is 1280 g/mol. The minimum absolute atomic E-state index is 0.0364. The van der Waals surface area contributed by atoms with Crippen molar-refractivity contribution in [3.8, 4) is 0 Å². The van der Waals surface area contributed by atoms with Gasteiger partial charge in [0.15, 0.2) is 0 Å². The quantitative estimate of drug-likeness (QED) is 0.0383. The molecule has 2 unspecified atom stereocenters. The summed E-state index contributed by atoms with van der Waals surface area (Å²) in [7, 11) is 0. The van der Waals surface area contributed by atoms with Crippen molar-refractivity contribution in [3.63, 3.8) is 0 Å². The van der Waals surface area contributed by atoms with Crippen LogP contribution in [-0.4, -0.2) is 101 Å². The molecule has 4 heterocycles. The Morgan fingerprint density at radius 3 is 1.30 bits per heavy atom. The normalized spacial score (nSPS) is 17.1. The molecule has 28 heteroatoms. The zero-order valence-electron chi connectivity index (χ0n) is 49.8. The molecule has 0 radical (unpaired) electrons. The number of aliphatic hydroxyl groups is 1. The number of rotatable bonds is 27. The molecule has 4 aliphatic carbocycles. The van der Waals surface area contributed by atoms with E-state index >= 15 is 0 Å². The summed E-state index contributed by atoms with van der Waals surface area (Å²) in [5, 5.41) is 36.9. The Bertz CT molecular complexity index is 3820.